The molecule has 0 aromatic heterocycles. The van der Waals surface area contributed by atoms with Gasteiger partial charge in [-0.15, -0.1) is 0 Å². The fraction of sp³-hybridized carbons (Fsp3) is 0.955. The van der Waals surface area contributed by atoms with Crippen LogP contribution in [0.1, 0.15) is 466 Å². The Bertz CT molecular complexity index is 2060. The lowest BCUT2D eigenvalue weighted by Gasteiger charge is -2.21. The van der Waals surface area contributed by atoms with E-state index in [1.807, 2.05) is 0 Å². The van der Waals surface area contributed by atoms with Crippen molar-refractivity contribution < 1.29 is 80.2 Å². The lowest BCUT2D eigenvalue weighted by molar-refractivity contribution is -0.161. The van der Waals surface area contributed by atoms with Crippen LogP contribution in [0.3, 0.4) is 0 Å². The molecule has 3 N–H and O–H groups in total. The maximum absolute atomic E-state index is 13.2. The molecule has 0 aliphatic carbocycles. The van der Waals surface area contributed by atoms with Gasteiger partial charge in [0.2, 0.25) is 0 Å². The number of phosphoric acid groups is 2. The molecule has 17 nitrogen and oxygen atoms in total. The van der Waals surface area contributed by atoms with Crippen LogP contribution in [0.2, 0.25) is 0 Å². The number of aliphatic hydroxyl groups is 1. The van der Waals surface area contributed by atoms with E-state index < -0.39 is 97.5 Å². The Hall–Kier alpha value is -1.94. The number of hydrogen-bond acceptors (Lipinski definition) is 15. The topological polar surface area (TPSA) is 237 Å². The molecule has 0 radical (unpaired) electrons. The lowest BCUT2D eigenvalue weighted by atomic mass is 9.99. The highest BCUT2D eigenvalue weighted by molar-refractivity contribution is 7.47. The van der Waals surface area contributed by atoms with Crippen molar-refractivity contribution in [1.29, 1.82) is 0 Å². The number of rotatable bonds is 86. The van der Waals surface area contributed by atoms with E-state index in [0.717, 1.165) is 108 Å². The third-order valence-electron chi connectivity index (χ3n) is 21.0. The van der Waals surface area contributed by atoms with Crippen LogP contribution in [0.5, 0.6) is 0 Å². The monoisotopic (exact) mass is 1560 g/mol. The minimum Gasteiger partial charge on any atom is -0.462 e. The van der Waals surface area contributed by atoms with Gasteiger partial charge in [0, 0.05) is 25.7 Å². The highest BCUT2D eigenvalue weighted by Crippen LogP contribution is 2.45. The molecule has 6 atom stereocenters. The van der Waals surface area contributed by atoms with Gasteiger partial charge in [0.25, 0.3) is 0 Å². The molecule has 0 saturated heterocycles. The van der Waals surface area contributed by atoms with Gasteiger partial charge in [-0.05, 0) is 43.4 Å². The van der Waals surface area contributed by atoms with Crippen LogP contribution in [-0.2, 0) is 65.4 Å². The van der Waals surface area contributed by atoms with Crippen LogP contribution in [0.15, 0.2) is 0 Å². The van der Waals surface area contributed by atoms with E-state index in [9.17, 15) is 43.2 Å². The average Bonchev–Trinajstić information content (AvgIpc) is 0.903. The van der Waals surface area contributed by atoms with Crippen LogP contribution in [0, 0.1) is 17.8 Å². The summed E-state index contributed by atoms with van der Waals surface area (Å²) >= 11 is 0. The van der Waals surface area contributed by atoms with Crippen molar-refractivity contribution in [2.45, 2.75) is 484 Å². The first-order chi connectivity index (χ1) is 51.8. The summed E-state index contributed by atoms with van der Waals surface area (Å²) in [5, 5.41) is 10.7. The average molecular weight is 1560 g/mol. The van der Waals surface area contributed by atoms with E-state index in [1.54, 1.807) is 0 Å². The minimum absolute atomic E-state index is 0.105. The van der Waals surface area contributed by atoms with Crippen LogP contribution in [-0.4, -0.2) is 96.7 Å². The molecule has 19 heteroatoms. The largest absolute Gasteiger partial charge is 0.472 e. The molecule has 0 bridgehead atoms. The third kappa shape index (κ3) is 80.5. The highest BCUT2D eigenvalue weighted by Gasteiger charge is 2.31. The number of esters is 4. The smallest absolute Gasteiger partial charge is 0.462 e. The second kappa shape index (κ2) is 78.0. The molecule has 0 aliphatic heterocycles. The van der Waals surface area contributed by atoms with E-state index in [1.165, 1.54) is 276 Å². The molecule has 0 saturated carbocycles. The molecule has 636 valence electrons. The number of ether oxygens (including phenoxy) is 4. The summed E-state index contributed by atoms with van der Waals surface area (Å²) in [6, 6.07) is 0. The second-order valence-corrected chi connectivity index (χ2v) is 35.7. The van der Waals surface area contributed by atoms with Crippen molar-refractivity contribution in [3.05, 3.63) is 0 Å². The normalized spacial score (nSPS) is 14.1. The zero-order valence-electron chi connectivity index (χ0n) is 70.6. The molecule has 0 fully saturated rings. The number of carbonyl (C=O) groups is 4. The standard InChI is InChI=1S/C88H172O17P2/c1-8-10-11-12-13-14-15-16-17-18-19-20-21-22-27-30-33-36-41-50-57-64-71-87(92)104-83(75-98-85(90)69-62-55-48-40-35-32-29-26-24-23-25-28-31-34-38-45-52-59-66-79(3)4)77-102-106(94,95)100-73-82(89)74-101-107(96,97)103-78-84(105-88(93)72-65-58-51-42-37-39-46-53-60-67-80(5)6)76-99-86(91)70-63-56-49-44-43-47-54-61-68-81(7)9-2/h79-84,89H,8-78H2,1-7H3,(H,94,95)(H,96,97)/t81?,82-,83-,84-/m1/s1. The van der Waals surface area contributed by atoms with Gasteiger partial charge in [0.15, 0.2) is 12.2 Å². The molecular weight excluding hydrogens is 1390 g/mol. The predicted octanol–water partition coefficient (Wildman–Crippen LogP) is 26.9. The summed E-state index contributed by atoms with van der Waals surface area (Å²) in [5.41, 5.74) is 0. The molecule has 0 amide bonds. The quantitative estimate of drug-likeness (QED) is 0.0222. The van der Waals surface area contributed by atoms with Gasteiger partial charge in [-0.25, -0.2) is 9.13 Å². The van der Waals surface area contributed by atoms with E-state index in [0.29, 0.717) is 25.7 Å². The van der Waals surface area contributed by atoms with Crippen molar-refractivity contribution in [2.75, 3.05) is 39.6 Å². The van der Waals surface area contributed by atoms with Gasteiger partial charge >= 0.3 is 39.5 Å². The van der Waals surface area contributed by atoms with Gasteiger partial charge < -0.3 is 33.8 Å². The molecular formula is C88H172O17P2. The van der Waals surface area contributed by atoms with Crippen LogP contribution in [0.25, 0.3) is 0 Å². The van der Waals surface area contributed by atoms with Gasteiger partial charge in [-0.3, -0.25) is 37.3 Å². The van der Waals surface area contributed by atoms with Gasteiger partial charge in [-0.2, -0.15) is 0 Å². The van der Waals surface area contributed by atoms with Crippen molar-refractivity contribution in [2.24, 2.45) is 17.8 Å². The summed E-state index contributed by atoms with van der Waals surface area (Å²) < 4.78 is 68.9. The van der Waals surface area contributed by atoms with E-state index in [-0.39, 0.29) is 25.7 Å². The number of hydrogen-bond donors (Lipinski definition) is 3. The number of unbranched alkanes of at least 4 members (excludes halogenated alkanes) is 53. The summed E-state index contributed by atoms with van der Waals surface area (Å²) in [6.45, 7) is 12.0. The fourth-order valence-corrected chi connectivity index (χ4v) is 15.3. The Kier molecular flexibility index (Phi) is 76.6. The number of phosphoric ester groups is 2. The van der Waals surface area contributed by atoms with Crippen molar-refractivity contribution >= 4 is 39.5 Å². The predicted molar refractivity (Wildman–Crippen MR) is 441 cm³/mol. The molecule has 3 unspecified atom stereocenters. The summed E-state index contributed by atoms with van der Waals surface area (Å²) in [5.74, 6) is 0.232. The van der Waals surface area contributed by atoms with E-state index in [4.69, 9.17) is 37.0 Å². The lowest BCUT2D eigenvalue weighted by Crippen LogP contribution is -2.30. The molecule has 0 rings (SSSR count). The summed E-state index contributed by atoms with van der Waals surface area (Å²) in [6.07, 6.45) is 69.6. The van der Waals surface area contributed by atoms with Crippen LogP contribution in [0.4, 0.5) is 0 Å². The summed E-state index contributed by atoms with van der Waals surface area (Å²) in [7, 11) is -9.93. The SMILES string of the molecule is CCCCCCCCCCCCCCCCCCCCCCCCC(=O)O[C@H](COC(=O)CCCCCCCCCCCCCCCCCCCCC(C)C)COP(=O)(O)OC[C@@H](O)COP(=O)(O)OC[C@@H](COC(=O)CCCCCCCCCCC(C)CC)OC(=O)CCCCCCCCCCCC(C)C. The van der Waals surface area contributed by atoms with Crippen LogP contribution >= 0.6 is 15.6 Å². The number of carbonyl (C=O) groups excluding carboxylic acids is 4. The van der Waals surface area contributed by atoms with Crippen molar-refractivity contribution in [3.8, 4) is 0 Å². The third-order valence-corrected chi connectivity index (χ3v) is 22.9. The van der Waals surface area contributed by atoms with E-state index in [2.05, 4.69) is 48.5 Å². The molecule has 0 aliphatic rings. The Labute approximate surface area is 658 Å². The summed E-state index contributed by atoms with van der Waals surface area (Å²) in [4.78, 5) is 73.3. The first-order valence-electron chi connectivity index (χ1n) is 45.4. The Balaban J connectivity index is 5.22. The van der Waals surface area contributed by atoms with E-state index >= 15 is 0 Å². The number of aliphatic hydroxyl groups excluding tert-OH is 1. The van der Waals surface area contributed by atoms with Gasteiger partial charge in [-0.1, -0.05) is 414 Å². The Morgan fingerprint density at radius 1 is 0.271 bits per heavy atom. The fourth-order valence-electron chi connectivity index (χ4n) is 13.7. The van der Waals surface area contributed by atoms with Gasteiger partial charge in [0.05, 0.1) is 26.4 Å². The zero-order chi connectivity index (χ0) is 78.6. The Morgan fingerprint density at radius 2 is 0.477 bits per heavy atom. The van der Waals surface area contributed by atoms with Gasteiger partial charge in [0.1, 0.15) is 19.3 Å². The first-order valence-corrected chi connectivity index (χ1v) is 48.4. The van der Waals surface area contributed by atoms with Crippen molar-refractivity contribution in [1.82, 2.24) is 0 Å². The highest BCUT2D eigenvalue weighted by atomic mass is 31.2. The first kappa shape index (κ1) is 105. The maximum atomic E-state index is 13.2. The van der Waals surface area contributed by atoms with Crippen molar-refractivity contribution in [3.63, 3.8) is 0 Å². The molecule has 0 heterocycles. The molecule has 0 aromatic carbocycles. The van der Waals surface area contributed by atoms with Crippen LogP contribution < -0.4 is 0 Å². The zero-order valence-corrected chi connectivity index (χ0v) is 72.4. The maximum Gasteiger partial charge on any atom is 0.472 e. The molecule has 0 spiro atoms. The molecule has 107 heavy (non-hydrogen) atoms. The molecule has 0 aromatic rings. The second-order valence-electron chi connectivity index (χ2n) is 32.8. The Morgan fingerprint density at radius 3 is 0.710 bits per heavy atom. The minimum atomic E-state index is -4.97.